The molecule has 2 aromatic rings. The standard InChI is InChI=1S/C13H16N4O3/c1-13(2,18)12-9-16(15-14-12)8-7-10-5-3-4-6-11(10)17(19)20/h3-6,9,18H,7-8H2,1-2H3. The summed E-state index contributed by atoms with van der Waals surface area (Å²) in [5, 5.41) is 28.5. The van der Waals surface area contributed by atoms with Crippen LogP contribution in [0.3, 0.4) is 0 Å². The van der Waals surface area contributed by atoms with E-state index in [9.17, 15) is 15.2 Å². The molecule has 1 N–H and O–H groups in total. The number of rotatable bonds is 5. The fraction of sp³-hybridized carbons (Fsp3) is 0.385. The molecule has 20 heavy (non-hydrogen) atoms. The molecule has 0 saturated carbocycles. The Morgan fingerprint density at radius 1 is 1.40 bits per heavy atom. The van der Waals surface area contributed by atoms with E-state index in [-0.39, 0.29) is 10.6 Å². The quantitative estimate of drug-likeness (QED) is 0.662. The van der Waals surface area contributed by atoms with E-state index in [0.717, 1.165) is 0 Å². The highest BCUT2D eigenvalue weighted by Crippen LogP contribution is 2.19. The van der Waals surface area contributed by atoms with Gasteiger partial charge in [-0.05, 0) is 20.3 Å². The van der Waals surface area contributed by atoms with E-state index in [0.29, 0.717) is 24.2 Å². The Labute approximate surface area is 116 Å². The van der Waals surface area contributed by atoms with E-state index in [1.807, 2.05) is 0 Å². The molecule has 0 fully saturated rings. The SMILES string of the molecule is CC(C)(O)c1cn(CCc2ccccc2[N+](=O)[O-])nn1. The Hall–Kier alpha value is -2.28. The van der Waals surface area contributed by atoms with Gasteiger partial charge in [-0.3, -0.25) is 14.8 Å². The van der Waals surface area contributed by atoms with Crippen molar-refractivity contribution in [3.05, 3.63) is 51.8 Å². The first kappa shape index (κ1) is 14.1. The fourth-order valence-corrected chi connectivity index (χ4v) is 1.82. The summed E-state index contributed by atoms with van der Waals surface area (Å²) < 4.78 is 1.57. The van der Waals surface area contributed by atoms with Crippen molar-refractivity contribution >= 4 is 5.69 Å². The third-order valence-corrected chi connectivity index (χ3v) is 2.96. The first-order valence-corrected chi connectivity index (χ1v) is 6.23. The van der Waals surface area contributed by atoms with Gasteiger partial charge in [-0.25, -0.2) is 0 Å². The van der Waals surface area contributed by atoms with Crippen LogP contribution in [0.4, 0.5) is 5.69 Å². The van der Waals surface area contributed by atoms with Crippen LogP contribution < -0.4 is 0 Å². The summed E-state index contributed by atoms with van der Waals surface area (Å²) in [7, 11) is 0. The summed E-state index contributed by atoms with van der Waals surface area (Å²) in [6.45, 7) is 3.72. The zero-order chi connectivity index (χ0) is 14.8. The van der Waals surface area contributed by atoms with Gasteiger partial charge in [-0.15, -0.1) is 5.10 Å². The van der Waals surface area contributed by atoms with Crippen LogP contribution in [0.1, 0.15) is 25.1 Å². The summed E-state index contributed by atoms with van der Waals surface area (Å²) in [5.41, 5.74) is 0.185. The van der Waals surface area contributed by atoms with Gasteiger partial charge >= 0.3 is 0 Å². The molecule has 0 aliphatic heterocycles. The number of nitro groups is 1. The number of aliphatic hydroxyl groups is 1. The van der Waals surface area contributed by atoms with Crippen LogP contribution in [0.15, 0.2) is 30.5 Å². The molecule has 7 heteroatoms. The number of benzene rings is 1. The Bertz CT molecular complexity index is 616. The van der Waals surface area contributed by atoms with Gasteiger partial charge in [-0.1, -0.05) is 23.4 Å². The van der Waals surface area contributed by atoms with Crippen molar-refractivity contribution in [2.45, 2.75) is 32.4 Å². The van der Waals surface area contributed by atoms with Crippen LogP contribution in [0, 0.1) is 10.1 Å². The van der Waals surface area contributed by atoms with Gasteiger partial charge in [0.1, 0.15) is 11.3 Å². The number of hydrogen-bond donors (Lipinski definition) is 1. The van der Waals surface area contributed by atoms with Crippen LogP contribution in [0.2, 0.25) is 0 Å². The molecule has 0 atom stereocenters. The van der Waals surface area contributed by atoms with Gasteiger partial charge < -0.3 is 5.11 Å². The molecule has 0 aliphatic carbocycles. The van der Waals surface area contributed by atoms with E-state index in [4.69, 9.17) is 0 Å². The summed E-state index contributed by atoms with van der Waals surface area (Å²) >= 11 is 0. The number of aryl methyl sites for hydroxylation is 2. The highest BCUT2D eigenvalue weighted by molar-refractivity contribution is 5.39. The second-order valence-electron chi connectivity index (χ2n) is 5.06. The maximum absolute atomic E-state index is 10.9. The second kappa shape index (κ2) is 5.38. The van der Waals surface area contributed by atoms with Gasteiger partial charge in [0.25, 0.3) is 5.69 Å². The van der Waals surface area contributed by atoms with Crippen LogP contribution in [-0.2, 0) is 18.6 Å². The molecule has 0 radical (unpaired) electrons. The third kappa shape index (κ3) is 3.18. The second-order valence-corrected chi connectivity index (χ2v) is 5.06. The maximum atomic E-state index is 10.9. The summed E-state index contributed by atoms with van der Waals surface area (Å²) in [5.74, 6) is 0. The van der Waals surface area contributed by atoms with Gasteiger partial charge in [-0.2, -0.15) is 0 Å². The molecule has 2 rings (SSSR count). The molecule has 0 spiro atoms. The topological polar surface area (TPSA) is 94.1 Å². The minimum Gasteiger partial charge on any atom is -0.384 e. The molecule has 0 amide bonds. The van der Waals surface area contributed by atoms with E-state index < -0.39 is 5.60 Å². The van der Waals surface area contributed by atoms with Crippen LogP contribution in [-0.4, -0.2) is 25.0 Å². The highest BCUT2D eigenvalue weighted by Gasteiger charge is 2.20. The summed E-state index contributed by atoms with van der Waals surface area (Å²) in [4.78, 5) is 10.5. The van der Waals surface area contributed by atoms with Crippen molar-refractivity contribution in [1.82, 2.24) is 15.0 Å². The maximum Gasteiger partial charge on any atom is 0.272 e. The van der Waals surface area contributed by atoms with E-state index in [2.05, 4.69) is 10.3 Å². The zero-order valence-corrected chi connectivity index (χ0v) is 11.4. The molecule has 1 heterocycles. The van der Waals surface area contributed by atoms with Crippen LogP contribution in [0.25, 0.3) is 0 Å². The summed E-state index contributed by atoms with van der Waals surface area (Å²) in [6, 6.07) is 6.63. The Morgan fingerprint density at radius 3 is 2.70 bits per heavy atom. The van der Waals surface area contributed by atoms with Crippen LogP contribution in [0.5, 0.6) is 0 Å². The first-order valence-electron chi connectivity index (χ1n) is 6.23. The van der Waals surface area contributed by atoms with Crippen molar-refractivity contribution in [2.24, 2.45) is 0 Å². The molecular weight excluding hydrogens is 260 g/mol. The number of nitro benzene ring substituents is 1. The van der Waals surface area contributed by atoms with Crippen molar-refractivity contribution in [3.63, 3.8) is 0 Å². The minimum absolute atomic E-state index is 0.107. The van der Waals surface area contributed by atoms with Gasteiger partial charge in [0.05, 0.1) is 11.1 Å². The van der Waals surface area contributed by atoms with Gasteiger partial charge in [0, 0.05) is 18.2 Å². The molecule has 0 bridgehead atoms. The highest BCUT2D eigenvalue weighted by atomic mass is 16.6. The molecule has 0 saturated heterocycles. The van der Waals surface area contributed by atoms with Crippen molar-refractivity contribution < 1.29 is 10.0 Å². The third-order valence-electron chi connectivity index (χ3n) is 2.96. The molecule has 1 aromatic carbocycles. The first-order chi connectivity index (χ1) is 9.38. The van der Waals surface area contributed by atoms with Crippen LogP contribution >= 0.6 is 0 Å². The Morgan fingerprint density at radius 2 is 2.10 bits per heavy atom. The van der Waals surface area contributed by atoms with E-state index in [1.165, 1.54) is 6.07 Å². The zero-order valence-electron chi connectivity index (χ0n) is 11.4. The number of nitrogens with zero attached hydrogens (tertiary/aromatic N) is 4. The molecule has 106 valence electrons. The molecule has 0 aliphatic rings. The lowest BCUT2D eigenvalue weighted by molar-refractivity contribution is -0.385. The van der Waals surface area contributed by atoms with E-state index >= 15 is 0 Å². The lowest BCUT2D eigenvalue weighted by atomic mass is 10.1. The smallest absolute Gasteiger partial charge is 0.272 e. The largest absolute Gasteiger partial charge is 0.384 e. The van der Waals surface area contributed by atoms with E-state index in [1.54, 1.807) is 42.9 Å². The van der Waals surface area contributed by atoms with Crippen molar-refractivity contribution in [1.29, 1.82) is 0 Å². The minimum atomic E-state index is -1.04. The lowest BCUT2D eigenvalue weighted by Crippen LogP contribution is -2.15. The van der Waals surface area contributed by atoms with Gasteiger partial charge in [0.15, 0.2) is 0 Å². The lowest BCUT2D eigenvalue weighted by Gasteiger charge is -2.11. The predicted octanol–water partition coefficient (Wildman–Crippen LogP) is 1.66. The number of para-hydroxylation sites is 1. The average Bonchev–Trinajstić information content (AvgIpc) is 2.85. The molecular formula is C13H16N4O3. The Balaban J connectivity index is 2.10. The normalized spacial score (nSPS) is 11.6. The average molecular weight is 276 g/mol. The molecule has 7 nitrogen and oxygen atoms in total. The number of hydrogen-bond acceptors (Lipinski definition) is 5. The predicted molar refractivity (Wildman–Crippen MR) is 72.1 cm³/mol. The van der Waals surface area contributed by atoms with Gasteiger partial charge in [0.2, 0.25) is 0 Å². The summed E-state index contributed by atoms with van der Waals surface area (Å²) in [6.07, 6.45) is 2.13. The fourth-order valence-electron chi connectivity index (χ4n) is 1.82. The molecule has 0 unspecified atom stereocenters. The molecule has 1 aromatic heterocycles. The van der Waals surface area contributed by atoms with Crippen molar-refractivity contribution in [2.75, 3.05) is 0 Å². The monoisotopic (exact) mass is 276 g/mol. The Kier molecular flexibility index (Phi) is 3.80. The van der Waals surface area contributed by atoms with Crippen molar-refractivity contribution in [3.8, 4) is 0 Å². The number of aromatic nitrogens is 3.